The van der Waals surface area contributed by atoms with E-state index >= 15 is 0 Å². The van der Waals surface area contributed by atoms with Gasteiger partial charge in [0.05, 0.1) is 6.61 Å². The Kier molecular flexibility index (Phi) is 8.07. The molecule has 28 heavy (non-hydrogen) atoms. The average molecular weight is 381 g/mol. The highest BCUT2D eigenvalue weighted by molar-refractivity contribution is 5.76. The number of carbonyl (C=O) groups is 1. The van der Waals surface area contributed by atoms with Crippen LogP contribution in [0.2, 0.25) is 0 Å². The molecule has 0 bridgehead atoms. The number of nitrogens with zero attached hydrogens (tertiary/aromatic N) is 1. The zero-order chi connectivity index (χ0) is 19.6. The van der Waals surface area contributed by atoms with Crippen LogP contribution in [0.4, 0.5) is 0 Å². The Balaban J connectivity index is 1.27. The van der Waals surface area contributed by atoms with Crippen LogP contribution in [0.15, 0.2) is 60.7 Å². The van der Waals surface area contributed by atoms with Gasteiger partial charge in [-0.1, -0.05) is 60.7 Å². The molecule has 1 aliphatic rings. The molecule has 2 aromatic carbocycles. The van der Waals surface area contributed by atoms with Gasteiger partial charge in [0, 0.05) is 38.2 Å². The third-order valence-electron chi connectivity index (χ3n) is 5.48. The Bertz CT molecular complexity index is 705. The first kappa shape index (κ1) is 20.6. The summed E-state index contributed by atoms with van der Waals surface area (Å²) < 4.78 is 5.67. The van der Waals surface area contributed by atoms with Crippen LogP contribution in [0, 0.1) is 0 Å². The third-order valence-corrected chi connectivity index (χ3v) is 5.48. The number of nitrogens with one attached hydrogen (secondary N) is 1. The van der Waals surface area contributed by atoms with Gasteiger partial charge in [-0.3, -0.25) is 9.69 Å². The quantitative estimate of drug-likeness (QED) is 0.634. The molecular formula is C24H32N2O2. The molecule has 1 fully saturated rings. The molecule has 0 radical (unpaired) electrons. The summed E-state index contributed by atoms with van der Waals surface area (Å²) in [7, 11) is 0. The molecular weight excluding hydrogens is 348 g/mol. The van der Waals surface area contributed by atoms with Gasteiger partial charge in [0.15, 0.2) is 0 Å². The lowest BCUT2D eigenvalue weighted by atomic mass is 10.1. The van der Waals surface area contributed by atoms with E-state index in [4.69, 9.17) is 4.74 Å². The van der Waals surface area contributed by atoms with E-state index in [0.717, 1.165) is 32.4 Å². The van der Waals surface area contributed by atoms with E-state index in [1.807, 2.05) is 18.2 Å². The molecule has 1 N–H and O–H groups in total. The van der Waals surface area contributed by atoms with Crippen molar-refractivity contribution in [2.24, 2.45) is 0 Å². The molecule has 1 aliphatic heterocycles. The fraction of sp³-hybridized carbons (Fsp3) is 0.458. The monoisotopic (exact) mass is 380 g/mol. The molecule has 2 atom stereocenters. The van der Waals surface area contributed by atoms with Crippen LogP contribution in [-0.4, -0.2) is 43.2 Å². The lowest BCUT2D eigenvalue weighted by Gasteiger charge is -2.24. The number of likely N-dealkylation sites (tertiary alicyclic amines) is 1. The van der Waals surface area contributed by atoms with Crippen LogP contribution in [0.5, 0.6) is 0 Å². The predicted octanol–water partition coefficient (Wildman–Crippen LogP) is 3.98. The first-order valence-corrected chi connectivity index (χ1v) is 10.4. The molecule has 150 valence electrons. The Morgan fingerprint density at radius 1 is 1.11 bits per heavy atom. The minimum Gasteiger partial charge on any atom is -0.381 e. The van der Waals surface area contributed by atoms with Gasteiger partial charge in [-0.05, 0) is 37.3 Å². The standard InChI is InChI=1S/C24H32N2O2/c1-20(22-11-6-3-7-12-22)26-16-14-23(19-26)25-24(27)13-8-17-28-18-15-21-9-4-2-5-10-21/h2-7,9-12,20,23H,8,13-19H2,1H3,(H,25,27). The first-order chi connectivity index (χ1) is 13.7. The van der Waals surface area contributed by atoms with Crippen molar-refractivity contribution in [1.82, 2.24) is 10.2 Å². The maximum Gasteiger partial charge on any atom is 0.220 e. The van der Waals surface area contributed by atoms with Crippen molar-refractivity contribution in [2.45, 2.75) is 44.7 Å². The molecule has 1 amide bonds. The van der Waals surface area contributed by atoms with Gasteiger partial charge < -0.3 is 10.1 Å². The molecule has 4 heteroatoms. The van der Waals surface area contributed by atoms with Crippen molar-refractivity contribution in [1.29, 1.82) is 0 Å². The number of ether oxygens (including phenoxy) is 1. The smallest absolute Gasteiger partial charge is 0.220 e. The number of rotatable bonds is 10. The van der Waals surface area contributed by atoms with Crippen molar-refractivity contribution < 1.29 is 9.53 Å². The van der Waals surface area contributed by atoms with Gasteiger partial charge in [0.25, 0.3) is 0 Å². The van der Waals surface area contributed by atoms with Crippen molar-refractivity contribution in [3.8, 4) is 0 Å². The maximum atomic E-state index is 12.2. The summed E-state index contributed by atoms with van der Waals surface area (Å²) in [6.07, 6.45) is 3.26. The number of hydrogen-bond acceptors (Lipinski definition) is 3. The molecule has 4 nitrogen and oxygen atoms in total. The van der Waals surface area contributed by atoms with Crippen LogP contribution in [-0.2, 0) is 16.0 Å². The molecule has 1 heterocycles. The van der Waals surface area contributed by atoms with Crippen LogP contribution in [0.1, 0.15) is 43.4 Å². The number of hydrogen-bond donors (Lipinski definition) is 1. The van der Waals surface area contributed by atoms with E-state index in [-0.39, 0.29) is 11.9 Å². The number of benzene rings is 2. The van der Waals surface area contributed by atoms with E-state index in [1.165, 1.54) is 11.1 Å². The fourth-order valence-corrected chi connectivity index (χ4v) is 3.77. The number of carbonyl (C=O) groups excluding carboxylic acids is 1. The summed E-state index contributed by atoms with van der Waals surface area (Å²) >= 11 is 0. The molecule has 0 saturated carbocycles. The van der Waals surface area contributed by atoms with Gasteiger partial charge in [0.2, 0.25) is 5.91 Å². The largest absolute Gasteiger partial charge is 0.381 e. The highest BCUT2D eigenvalue weighted by atomic mass is 16.5. The lowest BCUT2D eigenvalue weighted by Crippen LogP contribution is -2.37. The van der Waals surface area contributed by atoms with E-state index < -0.39 is 0 Å². The zero-order valence-electron chi connectivity index (χ0n) is 16.8. The predicted molar refractivity (Wildman–Crippen MR) is 113 cm³/mol. The second-order valence-corrected chi connectivity index (χ2v) is 7.59. The van der Waals surface area contributed by atoms with Crippen molar-refractivity contribution in [3.63, 3.8) is 0 Å². The SMILES string of the molecule is CC(c1ccccc1)N1CCC(NC(=O)CCCOCCc2ccccc2)C1. The maximum absolute atomic E-state index is 12.2. The molecule has 1 saturated heterocycles. The van der Waals surface area contributed by atoms with E-state index in [1.54, 1.807) is 0 Å². The van der Waals surface area contributed by atoms with Crippen LogP contribution < -0.4 is 5.32 Å². The van der Waals surface area contributed by atoms with Crippen molar-refractivity contribution in [2.75, 3.05) is 26.3 Å². The lowest BCUT2D eigenvalue weighted by molar-refractivity contribution is -0.122. The minimum absolute atomic E-state index is 0.144. The van der Waals surface area contributed by atoms with E-state index in [9.17, 15) is 4.79 Å². The van der Waals surface area contributed by atoms with E-state index in [2.05, 4.69) is 59.6 Å². The normalized spacial score (nSPS) is 18.1. The molecule has 3 rings (SSSR count). The van der Waals surface area contributed by atoms with Gasteiger partial charge >= 0.3 is 0 Å². The summed E-state index contributed by atoms with van der Waals surface area (Å²) in [6.45, 7) is 5.55. The first-order valence-electron chi connectivity index (χ1n) is 10.4. The van der Waals surface area contributed by atoms with Gasteiger partial charge in [-0.15, -0.1) is 0 Å². The summed E-state index contributed by atoms with van der Waals surface area (Å²) in [6, 6.07) is 21.6. The summed E-state index contributed by atoms with van der Waals surface area (Å²) in [5, 5.41) is 3.20. The van der Waals surface area contributed by atoms with Gasteiger partial charge in [-0.2, -0.15) is 0 Å². The number of amides is 1. The topological polar surface area (TPSA) is 41.6 Å². The minimum atomic E-state index is 0.144. The van der Waals surface area contributed by atoms with Crippen LogP contribution >= 0.6 is 0 Å². The summed E-state index contributed by atoms with van der Waals surface area (Å²) in [5.41, 5.74) is 2.62. The zero-order valence-corrected chi connectivity index (χ0v) is 16.8. The highest BCUT2D eigenvalue weighted by Crippen LogP contribution is 2.24. The summed E-state index contributed by atoms with van der Waals surface area (Å²) in [4.78, 5) is 14.7. The Hall–Kier alpha value is -2.17. The molecule has 2 unspecified atom stereocenters. The molecule has 0 aliphatic carbocycles. The van der Waals surface area contributed by atoms with Crippen LogP contribution in [0.25, 0.3) is 0 Å². The Labute approximate surface area is 168 Å². The van der Waals surface area contributed by atoms with Gasteiger partial charge in [-0.25, -0.2) is 0 Å². The average Bonchev–Trinajstić information content (AvgIpc) is 3.20. The molecule has 2 aromatic rings. The van der Waals surface area contributed by atoms with E-state index in [0.29, 0.717) is 25.7 Å². The Morgan fingerprint density at radius 3 is 2.57 bits per heavy atom. The third kappa shape index (κ3) is 6.47. The summed E-state index contributed by atoms with van der Waals surface area (Å²) in [5.74, 6) is 0.144. The second-order valence-electron chi connectivity index (χ2n) is 7.59. The molecule has 0 spiro atoms. The van der Waals surface area contributed by atoms with Crippen LogP contribution in [0.3, 0.4) is 0 Å². The molecule has 0 aromatic heterocycles. The van der Waals surface area contributed by atoms with Crippen molar-refractivity contribution in [3.05, 3.63) is 71.8 Å². The highest BCUT2D eigenvalue weighted by Gasteiger charge is 2.27. The Morgan fingerprint density at radius 2 is 1.82 bits per heavy atom. The fourth-order valence-electron chi connectivity index (χ4n) is 3.77. The van der Waals surface area contributed by atoms with Crippen molar-refractivity contribution >= 4 is 5.91 Å². The van der Waals surface area contributed by atoms with Gasteiger partial charge in [0.1, 0.15) is 0 Å². The second kappa shape index (κ2) is 11.0.